The lowest BCUT2D eigenvalue weighted by Crippen LogP contribution is -2.57. The number of carbonyl (C=O) groups is 2. The van der Waals surface area contributed by atoms with Crippen molar-refractivity contribution in [2.75, 3.05) is 0 Å². The molecular weight excluding hydrogens is 340 g/mol. The van der Waals surface area contributed by atoms with Crippen molar-refractivity contribution in [3.05, 3.63) is 11.6 Å². The summed E-state index contributed by atoms with van der Waals surface area (Å²) < 4.78 is 0. The van der Waals surface area contributed by atoms with E-state index in [4.69, 9.17) is 5.11 Å². The number of aliphatic carboxylic acids is 1. The monoisotopic (exact) mass is 374 g/mol. The van der Waals surface area contributed by atoms with E-state index in [1.54, 1.807) is 0 Å². The first-order chi connectivity index (χ1) is 12.8. The molecule has 4 heteroatoms. The Balaban J connectivity index is 1.54. The van der Waals surface area contributed by atoms with Gasteiger partial charge in [-0.1, -0.05) is 25.5 Å². The van der Waals surface area contributed by atoms with E-state index in [0.29, 0.717) is 30.0 Å². The highest BCUT2D eigenvalue weighted by Gasteiger charge is 2.61. The number of aliphatic hydroxyl groups is 1. The highest BCUT2D eigenvalue weighted by Crippen LogP contribution is 2.65. The average molecular weight is 375 g/mol. The smallest absolute Gasteiger partial charge is 0.303 e. The van der Waals surface area contributed by atoms with Gasteiger partial charge in [0.2, 0.25) is 0 Å². The number of hydrogen-bond acceptors (Lipinski definition) is 3. The number of carboxylic acids is 1. The second-order valence-corrected chi connectivity index (χ2v) is 10.2. The summed E-state index contributed by atoms with van der Waals surface area (Å²) in [6.07, 6.45) is 10.4. The molecule has 0 heterocycles. The van der Waals surface area contributed by atoms with Gasteiger partial charge in [-0.15, -0.1) is 0 Å². The van der Waals surface area contributed by atoms with Gasteiger partial charge in [-0.2, -0.15) is 0 Å². The Morgan fingerprint density at radius 3 is 2.67 bits per heavy atom. The molecule has 0 amide bonds. The van der Waals surface area contributed by atoms with Gasteiger partial charge in [0.1, 0.15) is 5.78 Å². The number of hydrogen-bond donors (Lipinski definition) is 2. The summed E-state index contributed by atoms with van der Waals surface area (Å²) in [6.45, 7) is 4.58. The van der Waals surface area contributed by atoms with Gasteiger partial charge in [0.05, 0.1) is 6.10 Å². The van der Waals surface area contributed by atoms with Crippen LogP contribution in [0.1, 0.15) is 78.1 Å². The Labute approximate surface area is 162 Å². The lowest BCUT2D eigenvalue weighted by molar-refractivity contribution is -0.155. The molecule has 2 N–H and O–H groups in total. The van der Waals surface area contributed by atoms with Gasteiger partial charge in [0.25, 0.3) is 0 Å². The van der Waals surface area contributed by atoms with Gasteiger partial charge in [0, 0.05) is 18.3 Å². The van der Waals surface area contributed by atoms with E-state index in [9.17, 15) is 14.7 Å². The molecule has 27 heavy (non-hydrogen) atoms. The number of Topliss-reactive ketones (excluding diaryl/α,β-unsaturated/α-hetero) is 1. The summed E-state index contributed by atoms with van der Waals surface area (Å²) in [6, 6.07) is 0. The summed E-state index contributed by atoms with van der Waals surface area (Å²) in [4.78, 5) is 23.3. The van der Waals surface area contributed by atoms with Gasteiger partial charge in [-0.25, -0.2) is 0 Å². The molecule has 0 aromatic rings. The Morgan fingerprint density at radius 1 is 1.15 bits per heavy atom. The van der Waals surface area contributed by atoms with E-state index in [0.717, 1.165) is 51.4 Å². The minimum atomic E-state index is -0.746. The minimum Gasteiger partial charge on any atom is -0.481 e. The zero-order valence-electron chi connectivity index (χ0n) is 16.7. The quantitative estimate of drug-likeness (QED) is 0.720. The van der Waals surface area contributed by atoms with Gasteiger partial charge in [-0.05, 0) is 80.5 Å². The Kier molecular flexibility index (Phi) is 4.77. The van der Waals surface area contributed by atoms with Crippen molar-refractivity contribution in [2.45, 2.75) is 84.2 Å². The summed E-state index contributed by atoms with van der Waals surface area (Å²) in [7, 11) is 0. The van der Waals surface area contributed by atoms with Crippen molar-refractivity contribution < 1.29 is 19.8 Å². The number of aliphatic hydroxyl groups excluding tert-OH is 1. The molecule has 4 rings (SSSR count). The predicted molar refractivity (Wildman–Crippen MR) is 103 cm³/mol. The van der Waals surface area contributed by atoms with Crippen LogP contribution in [0.5, 0.6) is 0 Å². The van der Waals surface area contributed by atoms with Crippen LogP contribution >= 0.6 is 0 Å². The van der Waals surface area contributed by atoms with E-state index in [-0.39, 0.29) is 29.3 Å². The molecule has 0 saturated heterocycles. The first-order valence-electron chi connectivity index (χ1n) is 10.9. The first-order valence-corrected chi connectivity index (χ1v) is 10.9. The molecule has 4 fully saturated rings. The maximum atomic E-state index is 12.5. The normalized spacial score (nSPS) is 48.0. The van der Waals surface area contributed by atoms with Gasteiger partial charge in [0.15, 0.2) is 0 Å². The zero-order chi connectivity index (χ0) is 19.4. The van der Waals surface area contributed by atoms with Crippen molar-refractivity contribution in [1.82, 2.24) is 0 Å². The van der Waals surface area contributed by atoms with Crippen LogP contribution in [0.3, 0.4) is 0 Å². The fourth-order valence-electron chi connectivity index (χ4n) is 7.50. The van der Waals surface area contributed by atoms with Crippen molar-refractivity contribution in [2.24, 2.45) is 34.5 Å². The van der Waals surface area contributed by atoms with Crippen LogP contribution in [0.4, 0.5) is 0 Å². The number of fused-ring (bicyclic) bond motifs is 5. The molecule has 4 nitrogen and oxygen atoms in total. The molecule has 4 aliphatic rings. The lowest BCUT2D eigenvalue weighted by Gasteiger charge is -2.61. The highest BCUT2D eigenvalue weighted by atomic mass is 16.4. The molecule has 0 bridgehead atoms. The van der Waals surface area contributed by atoms with Crippen LogP contribution in [0.15, 0.2) is 11.6 Å². The second-order valence-electron chi connectivity index (χ2n) is 10.2. The molecule has 4 unspecified atom stereocenters. The third kappa shape index (κ3) is 2.99. The topological polar surface area (TPSA) is 74.6 Å². The Hall–Kier alpha value is -1.16. The van der Waals surface area contributed by atoms with Crippen LogP contribution in [0.25, 0.3) is 0 Å². The predicted octanol–water partition coefficient (Wildman–Crippen LogP) is 4.36. The molecule has 0 spiro atoms. The maximum absolute atomic E-state index is 12.5. The van der Waals surface area contributed by atoms with Crippen molar-refractivity contribution in [3.8, 4) is 0 Å². The van der Waals surface area contributed by atoms with E-state index < -0.39 is 5.97 Å². The number of rotatable bonds is 3. The van der Waals surface area contributed by atoms with Crippen molar-refractivity contribution in [3.63, 3.8) is 0 Å². The molecule has 7 atom stereocenters. The van der Waals surface area contributed by atoms with Gasteiger partial charge in [-0.3, -0.25) is 9.59 Å². The third-order valence-electron chi connectivity index (χ3n) is 9.08. The molecule has 0 aromatic heterocycles. The Morgan fingerprint density at radius 2 is 1.93 bits per heavy atom. The minimum absolute atomic E-state index is 0.138. The largest absolute Gasteiger partial charge is 0.481 e. The number of carbonyl (C=O) groups excluding carboxylic acids is 1. The number of carboxylic acid groups (broad SMARTS) is 1. The van der Waals surface area contributed by atoms with E-state index in [1.807, 2.05) is 0 Å². The number of allylic oxidation sites excluding steroid dienone is 2. The van der Waals surface area contributed by atoms with Crippen molar-refractivity contribution in [1.29, 1.82) is 0 Å². The van der Waals surface area contributed by atoms with Gasteiger partial charge < -0.3 is 10.2 Å². The van der Waals surface area contributed by atoms with Crippen LogP contribution in [0, 0.1) is 34.5 Å². The molecule has 0 aliphatic heterocycles. The highest BCUT2D eigenvalue weighted by molar-refractivity contribution is 5.87. The number of ketones is 1. The molecule has 0 aromatic carbocycles. The summed E-state index contributed by atoms with van der Waals surface area (Å²) in [5.74, 6) is 1.57. The Bertz CT molecular complexity index is 667. The fourth-order valence-corrected chi connectivity index (χ4v) is 7.50. The third-order valence-corrected chi connectivity index (χ3v) is 9.08. The standard InChI is InChI=1S/C23H34O4/c1-22-10-8-14(4-3-5-21(26)27)12-18(22)19(24)13-15-16-6-7-20(25)23(16,2)11-9-17(15)22/h4,15-19,24H,3,5-13H2,1-2H3,(H,26,27)/b14-4-/t15?,16?,17?,18?,19-,22-,23+/m1/s1. The average Bonchev–Trinajstić information content (AvgIpc) is 2.91. The summed E-state index contributed by atoms with van der Waals surface area (Å²) in [5.41, 5.74) is 1.35. The van der Waals surface area contributed by atoms with Crippen molar-refractivity contribution >= 4 is 11.8 Å². The first kappa shape index (κ1) is 19.2. The van der Waals surface area contributed by atoms with Crippen LogP contribution < -0.4 is 0 Å². The van der Waals surface area contributed by atoms with E-state index in [2.05, 4.69) is 19.9 Å². The molecule has 4 aliphatic carbocycles. The lowest BCUT2D eigenvalue weighted by atomic mass is 9.44. The molecule has 0 radical (unpaired) electrons. The van der Waals surface area contributed by atoms with E-state index >= 15 is 0 Å². The van der Waals surface area contributed by atoms with Crippen LogP contribution in [-0.2, 0) is 9.59 Å². The molecule has 150 valence electrons. The fraction of sp³-hybridized carbons (Fsp3) is 0.826. The summed E-state index contributed by atoms with van der Waals surface area (Å²) in [5, 5.41) is 20.0. The zero-order valence-corrected chi connectivity index (χ0v) is 16.7. The molecular formula is C23H34O4. The maximum Gasteiger partial charge on any atom is 0.303 e. The van der Waals surface area contributed by atoms with Gasteiger partial charge >= 0.3 is 5.97 Å². The summed E-state index contributed by atoms with van der Waals surface area (Å²) >= 11 is 0. The second kappa shape index (κ2) is 6.72. The van der Waals surface area contributed by atoms with Crippen LogP contribution in [-0.4, -0.2) is 28.1 Å². The molecule has 4 saturated carbocycles. The van der Waals surface area contributed by atoms with E-state index in [1.165, 1.54) is 5.57 Å². The van der Waals surface area contributed by atoms with Crippen LogP contribution in [0.2, 0.25) is 0 Å². The SMILES string of the molecule is C[C@]12CC/C(=C/CCC(=O)O)CC1[C@H](O)CC1C2CC[C@]2(C)C(=O)CCC12.